The summed E-state index contributed by atoms with van der Waals surface area (Å²) in [7, 11) is 0. The van der Waals surface area contributed by atoms with Crippen LogP contribution in [0.25, 0.3) is 0 Å². The molecule has 0 bridgehead atoms. The molecule has 0 spiro atoms. The maximum Gasteiger partial charge on any atom is 0.194 e. The molecule has 0 radical (unpaired) electrons. The third-order valence-electron chi connectivity index (χ3n) is 2.52. The van der Waals surface area contributed by atoms with Crippen LogP contribution in [0.15, 0.2) is 15.4 Å². The number of ether oxygens (including phenoxy) is 1. The third-order valence-corrected chi connectivity index (χ3v) is 4.52. The Morgan fingerprint density at radius 2 is 2.35 bits per heavy atom. The first-order chi connectivity index (χ1) is 7.95. The Labute approximate surface area is 110 Å². The lowest BCUT2D eigenvalue weighted by Gasteiger charge is -2.25. The van der Waals surface area contributed by atoms with Crippen LogP contribution in [0.2, 0.25) is 0 Å². The molecule has 1 aliphatic heterocycles. The molecule has 1 unspecified atom stereocenters. The number of nitrogen functional groups attached to an aromatic ring is 1. The Morgan fingerprint density at radius 1 is 1.59 bits per heavy atom. The van der Waals surface area contributed by atoms with Crippen LogP contribution in [-0.2, 0) is 4.74 Å². The van der Waals surface area contributed by atoms with Gasteiger partial charge in [-0.05, 0) is 0 Å². The van der Waals surface area contributed by atoms with E-state index in [1.807, 2.05) is 0 Å². The minimum atomic E-state index is 0.144. The summed E-state index contributed by atoms with van der Waals surface area (Å²) in [5, 5.41) is 0.606. The number of nitrogens with zero attached hydrogens (tertiary/aromatic N) is 2. The van der Waals surface area contributed by atoms with Crippen molar-refractivity contribution in [3.05, 3.63) is 6.20 Å². The number of thiazole rings is 1. The number of rotatable bonds is 3. The largest absolute Gasteiger partial charge is 0.475 e. The van der Waals surface area contributed by atoms with Gasteiger partial charge in [0.2, 0.25) is 0 Å². The highest BCUT2D eigenvalue weighted by Gasteiger charge is 2.31. The molecule has 17 heavy (non-hydrogen) atoms. The quantitative estimate of drug-likeness (QED) is 0.859. The first-order valence-electron chi connectivity index (χ1n) is 5.49. The van der Waals surface area contributed by atoms with E-state index in [1.54, 1.807) is 18.0 Å². The molecule has 1 aromatic rings. The van der Waals surface area contributed by atoms with Gasteiger partial charge in [0.25, 0.3) is 0 Å². The number of nitrogens with two attached hydrogens (primary N) is 1. The molecule has 2 N–H and O–H groups in total. The molecule has 0 amide bonds. The van der Waals surface area contributed by atoms with Crippen LogP contribution in [0.3, 0.4) is 0 Å². The molecule has 4 nitrogen and oxygen atoms in total. The predicted molar refractivity (Wildman–Crippen MR) is 73.9 cm³/mol. The second-order valence-electron chi connectivity index (χ2n) is 5.01. The zero-order valence-corrected chi connectivity index (χ0v) is 11.9. The van der Waals surface area contributed by atoms with E-state index < -0.39 is 0 Å². The highest BCUT2D eigenvalue weighted by atomic mass is 32.2. The lowest BCUT2D eigenvalue weighted by atomic mass is 9.89. The maximum absolute atomic E-state index is 5.84. The van der Waals surface area contributed by atoms with Crippen molar-refractivity contribution in [2.75, 3.05) is 18.0 Å². The van der Waals surface area contributed by atoms with Gasteiger partial charge in [0.15, 0.2) is 11.0 Å². The fourth-order valence-corrected chi connectivity index (χ4v) is 3.06. The second-order valence-corrected chi connectivity index (χ2v) is 7.35. The van der Waals surface area contributed by atoms with Gasteiger partial charge in [0.1, 0.15) is 6.10 Å². The number of hydrogen-bond acceptors (Lipinski definition) is 6. The molecule has 0 saturated carbocycles. The van der Waals surface area contributed by atoms with Gasteiger partial charge >= 0.3 is 0 Å². The summed E-state index contributed by atoms with van der Waals surface area (Å²) >= 11 is 3.17. The Hall–Kier alpha value is -0.750. The van der Waals surface area contributed by atoms with E-state index in [4.69, 9.17) is 10.5 Å². The topological polar surface area (TPSA) is 60.5 Å². The van der Waals surface area contributed by atoms with Crippen LogP contribution in [0.1, 0.15) is 20.8 Å². The van der Waals surface area contributed by atoms with Crippen molar-refractivity contribution in [3.8, 4) is 0 Å². The van der Waals surface area contributed by atoms with Gasteiger partial charge in [-0.1, -0.05) is 32.1 Å². The first-order valence-corrected chi connectivity index (χ1v) is 7.29. The summed E-state index contributed by atoms with van der Waals surface area (Å²) in [5.74, 6) is 1.59. The molecular formula is C11H17N3OS2. The van der Waals surface area contributed by atoms with Gasteiger partial charge < -0.3 is 10.5 Å². The van der Waals surface area contributed by atoms with Gasteiger partial charge in [-0.2, -0.15) is 0 Å². The molecule has 1 aromatic heterocycles. The summed E-state index contributed by atoms with van der Waals surface area (Å²) in [6.45, 7) is 7.29. The third kappa shape index (κ3) is 3.35. The summed E-state index contributed by atoms with van der Waals surface area (Å²) in [6.07, 6.45) is 1.99. The number of thioether (sulfide) groups is 1. The summed E-state index contributed by atoms with van der Waals surface area (Å²) in [4.78, 5) is 8.44. The number of aliphatic imine (C=N–C) groups is 1. The molecule has 1 aliphatic rings. The summed E-state index contributed by atoms with van der Waals surface area (Å²) in [6, 6.07) is 0. The lowest BCUT2D eigenvalue weighted by Crippen LogP contribution is -2.29. The predicted octanol–water partition coefficient (Wildman–Crippen LogP) is 2.66. The Kier molecular flexibility index (Phi) is 3.63. The Morgan fingerprint density at radius 3 is 2.88 bits per heavy atom. The van der Waals surface area contributed by atoms with Crippen LogP contribution >= 0.6 is 23.1 Å². The minimum Gasteiger partial charge on any atom is -0.475 e. The number of anilines is 1. The van der Waals surface area contributed by atoms with E-state index in [1.165, 1.54) is 11.3 Å². The Bertz CT molecular complexity index is 423. The van der Waals surface area contributed by atoms with E-state index in [0.717, 1.165) is 22.4 Å². The van der Waals surface area contributed by atoms with Crippen LogP contribution in [-0.4, -0.2) is 29.3 Å². The van der Waals surface area contributed by atoms with Gasteiger partial charge in [-0.3, -0.25) is 4.99 Å². The van der Waals surface area contributed by atoms with E-state index in [0.29, 0.717) is 5.13 Å². The fourth-order valence-electron chi connectivity index (χ4n) is 1.43. The van der Waals surface area contributed by atoms with Gasteiger partial charge in [0.05, 0.1) is 22.7 Å². The zero-order chi connectivity index (χ0) is 12.5. The van der Waals surface area contributed by atoms with Gasteiger partial charge in [0, 0.05) is 5.41 Å². The highest BCUT2D eigenvalue weighted by molar-refractivity contribution is 8.01. The molecule has 2 heterocycles. The van der Waals surface area contributed by atoms with Crippen molar-refractivity contribution in [1.82, 2.24) is 4.98 Å². The van der Waals surface area contributed by atoms with Gasteiger partial charge in [-0.25, -0.2) is 4.98 Å². The van der Waals surface area contributed by atoms with Crippen LogP contribution in [0.5, 0.6) is 0 Å². The molecule has 0 aromatic carbocycles. The maximum atomic E-state index is 5.84. The van der Waals surface area contributed by atoms with E-state index >= 15 is 0 Å². The van der Waals surface area contributed by atoms with Crippen molar-refractivity contribution >= 4 is 34.1 Å². The van der Waals surface area contributed by atoms with Crippen molar-refractivity contribution in [1.29, 1.82) is 0 Å². The van der Waals surface area contributed by atoms with Crippen molar-refractivity contribution in [2.24, 2.45) is 10.4 Å². The van der Waals surface area contributed by atoms with E-state index in [2.05, 4.69) is 30.7 Å². The molecule has 1 atom stereocenters. The van der Waals surface area contributed by atoms with E-state index in [-0.39, 0.29) is 11.5 Å². The number of hydrogen-bond donors (Lipinski definition) is 1. The average molecular weight is 271 g/mol. The second kappa shape index (κ2) is 4.86. The lowest BCUT2D eigenvalue weighted by molar-refractivity contribution is 0.102. The average Bonchev–Trinajstić information content (AvgIpc) is 2.82. The number of aromatic nitrogens is 1. The Balaban J connectivity index is 1.82. The molecular weight excluding hydrogens is 254 g/mol. The molecule has 0 aliphatic carbocycles. The van der Waals surface area contributed by atoms with E-state index in [9.17, 15) is 0 Å². The first kappa shape index (κ1) is 12.7. The molecule has 2 rings (SSSR count). The SMILES string of the molecule is CC(C)(C)C1CN=C(CSc2cnc(N)s2)O1. The van der Waals surface area contributed by atoms with Crippen molar-refractivity contribution in [3.63, 3.8) is 0 Å². The molecule has 0 fully saturated rings. The smallest absolute Gasteiger partial charge is 0.194 e. The van der Waals surface area contributed by atoms with Crippen molar-refractivity contribution in [2.45, 2.75) is 31.1 Å². The van der Waals surface area contributed by atoms with Crippen molar-refractivity contribution < 1.29 is 4.74 Å². The normalized spacial score (nSPS) is 20.2. The van der Waals surface area contributed by atoms with Crippen LogP contribution in [0, 0.1) is 5.41 Å². The summed E-state index contributed by atoms with van der Waals surface area (Å²) < 4.78 is 6.94. The monoisotopic (exact) mass is 271 g/mol. The standard InChI is InChI=1S/C11H17N3OS2/c1-11(2,3)7-4-13-8(15-7)6-16-9-5-14-10(12)17-9/h5,7H,4,6H2,1-3H3,(H2,12,14). The van der Waals surface area contributed by atoms with Gasteiger partial charge in [-0.15, -0.1) is 11.8 Å². The van der Waals surface area contributed by atoms with Crippen LogP contribution in [0.4, 0.5) is 5.13 Å². The highest BCUT2D eigenvalue weighted by Crippen LogP contribution is 2.30. The molecule has 94 valence electrons. The minimum absolute atomic E-state index is 0.144. The molecule has 0 saturated heterocycles. The fraction of sp³-hybridized carbons (Fsp3) is 0.636. The molecule has 6 heteroatoms. The zero-order valence-electron chi connectivity index (χ0n) is 10.3. The van der Waals surface area contributed by atoms with Crippen LogP contribution < -0.4 is 5.73 Å². The summed E-state index contributed by atoms with van der Waals surface area (Å²) in [5.41, 5.74) is 5.72.